The van der Waals surface area contributed by atoms with Crippen molar-refractivity contribution < 1.29 is 9.59 Å². The van der Waals surface area contributed by atoms with Gasteiger partial charge in [0, 0.05) is 20.0 Å². The molecule has 0 saturated heterocycles. The Bertz CT molecular complexity index is 445. The summed E-state index contributed by atoms with van der Waals surface area (Å²) in [5, 5.41) is 2.91. The van der Waals surface area contributed by atoms with Crippen molar-refractivity contribution in [1.29, 1.82) is 0 Å². The number of nitrogens with one attached hydrogen (secondary N) is 1. The van der Waals surface area contributed by atoms with E-state index in [0.717, 1.165) is 24.8 Å². The van der Waals surface area contributed by atoms with E-state index in [4.69, 9.17) is 0 Å². The Kier molecular flexibility index (Phi) is 7.51. The Morgan fingerprint density at radius 1 is 1.19 bits per heavy atom. The molecule has 0 aromatic heterocycles. The van der Waals surface area contributed by atoms with Gasteiger partial charge in [-0.15, -0.1) is 0 Å². The molecule has 1 aromatic rings. The van der Waals surface area contributed by atoms with Crippen LogP contribution in [0.1, 0.15) is 45.6 Å². The second-order valence-corrected chi connectivity index (χ2v) is 5.31. The molecule has 21 heavy (non-hydrogen) atoms. The molecule has 0 bridgehead atoms. The van der Waals surface area contributed by atoms with Gasteiger partial charge in [0.2, 0.25) is 11.8 Å². The Hall–Kier alpha value is -1.84. The van der Waals surface area contributed by atoms with Gasteiger partial charge in [0.1, 0.15) is 6.04 Å². The molecule has 4 heteroatoms. The molecule has 1 N–H and O–H groups in total. The highest BCUT2D eigenvalue weighted by Crippen LogP contribution is 2.09. The summed E-state index contributed by atoms with van der Waals surface area (Å²) in [7, 11) is 0. The minimum absolute atomic E-state index is 0.0859. The molecule has 0 radical (unpaired) electrons. The third-order valence-corrected chi connectivity index (χ3v) is 3.53. The molecular weight excluding hydrogens is 264 g/mol. The summed E-state index contributed by atoms with van der Waals surface area (Å²) < 4.78 is 0. The topological polar surface area (TPSA) is 49.4 Å². The first-order valence-corrected chi connectivity index (χ1v) is 7.65. The predicted octanol–water partition coefficient (Wildman–Crippen LogP) is 2.73. The van der Waals surface area contributed by atoms with Crippen LogP contribution in [0.4, 0.5) is 0 Å². The van der Waals surface area contributed by atoms with E-state index in [-0.39, 0.29) is 11.8 Å². The minimum Gasteiger partial charge on any atom is -0.354 e. The standard InChI is InChI=1S/C17H26N2O2/c1-4-5-9-12-18-17(21)14(2)19(15(3)20)13-16-10-7-6-8-11-16/h6-8,10-11,14H,4-5,9,12-13H2,1-3H3,(H,18,21). The molecule has 116 valence electrons. The second kappa shape index (κ2) is 9.16. The van der Waals surface area contributed by atoms with Gasteiger partial charge in [-0.25, -0.2) is 0 Å². The van der Waals surface area contributed by atoms with Crippen LogP contribution in [-0.2, 0) is 16.1 Å². The van der Waals surface area contributed by atoms with Crippen molar-refractivity contribution in [3.05, 3.63) is 35.9 Å². The molecule has 1 rings (SSSR count). The molecule has 1 aromatic carbocycles. The molecule has 2 amide bonds. The van der Waals surface area contributed by atoms with E-state index in [9.17, 15) is 9.59 Å². The fraction of sp³-hybridized carbons (Fsp3) is 0.529. The lowest BCUT2D eigenvalue weighted by atomic mass is 10.1. The molecule has 0 aliphatic heterocycles. The summed E-state index contributed by atoms with van der Waals surface area (Å²) in [5.74, 6) is -0.174. The number of hydrogen-bond acceptors (Lipinski definition) is 2. The Labute approximate surface area is 127 Å². The maximum Gasteiger partial charge on any atom is 0.242 e. The van der Waals surface area contributed by atoms with Crippen LogP contribution in [0.2, 0.25) is 0 Å². The van der Waals surface area contributed by atoms with E-state index in [2.05, 4.69) is 12.2 Å². The van der Waals surface area contributed by atoms with Crippen LogP contribution in [0, 0.1) is 0 Å². The third kappa shape index (κ3) is 5.98. The zero-order chi connectivity index (χ0) is 15.7. The molecule has 1 atom stereocenters. The van der Waals surface area contributed by atoms with E-state index in [1.165, 1.54) is 6.92 Å². The molecule has 0 spiro atoms. The van der Waals surface area contributed by atoms with Crippen molar-refractivity contribution in [2.45, 2.75) is 52.6 Å². The second-order valence-electron chi connectivity index (χ2n) is 5.31. The summed E-state index contributed by atoms with van der Waals surface area (Å²) in [6, 6.07) is 9.27. The van der Waals surface area contributed by atoms with Gasteiger partial charge in [-0.3, -0.25) is 9.59 Å². The summed E-state index contributed by atoms with van der Waals surface area (Å²) >= 11 is 0. The van der Waals surface area contributed by atoms with Gasteiger partial charge >= 0.3 is 0 Å². The zero-order valence-corrected chi connectivity index (χ0v) is 13.3. The lowest BCUT2D eigenvalue weighted by Crippen LogP contribution is -2.47. The van der Waals surface area contributed by atoms with Crippen molar-refractivity contribution in [1.82, 2.24) is 10.2 Å². The van der Waals surface area contributed by atoms with Crippen LogP contribution >= 0.6 is 0 Å². The summed E-state index contributed by atoms with van der Waals surface area (Å²) in [6.07, 6.45) is 3.21. The third-order valence-electron chi connectivity index (χ3n) is 3.53. The highest BCUT2D eigenvalue weighted by molar-refractivity contribution is 5.86. The lowest BCUT2D eigenvalue weighted by Gasteiger charge is -2.27. The van der Waals surface area contributed by atoms with Crippen molar-refractivity contribution in [2.24, 2.45) is 0 Å². The van der Waals surface area contributed by atoms with Gasteiger partial charge in [-0.1, -0.05) is 50.1 Å². The number of hydrogen-bond donors (Lipinski definition) is 1. The smallest absolute Gasteiger partial charge is 0.242 e. The molecule has 0 aliphatic carbocycles. The maximum absolute atomic E-state index is 12.1. The summed E-state index contributed by atoms with van der Waals surface area (Å²) in [4.78, 5) is 25.6. The van der Waals surface area contributed by atoms with Crippen molar-refractivity contribution >= 4 is 11.8 Å². The van der Waals surface area contributed by atoms with Gasteiger partial charge in [0.05, 0.1) is 0 Å². The van der Waals surface area contributed by atoms with Crippen molar-refractivity contribution in [3.63, 3.8) is 0 Å². The van der Waals surface area contributed by atoms with Crippen molar-refractivity contribution in [3.8, 4) is 0 Å². The van der Waals surface area contributed by atoms with Crippen molar-refractivity contribution in [2.75, 3.05) is 6.54 Å². The number of rotatable bonds is 8. The average Bonchev–Trinajstić information content (AvgIpc) is 2.49. The molecule has 0 fully saturated rings. The number of carbonyl (C=O) groups excluding carboxylic acids is 2. The number of unbranched alkanes of at least 4 members (excludes halogenated alkanes) is 2. The van der Waals surface area contributed by atoms with E-state index in [1.54, 1.807) is 11.8 Å². The summed E-state index contributed by atoms with van der Waals surface area (Å²) in [6.45, 7) is 6.54. The molecule has 0 aliphatic rings. The van der Waals surface area contributed by atoms with Crippen LogP contribution in [0.5, 0.6) is 0 Å². The Morgan fingerprint density at radius 2 is 1.86 bits per heavy atom. The van der Waals surface area contributed by atoms with Gasteiger partial charge in [-0.2, -0.15) is 0 Å². The van der Waals surface area contributed by atoms with E-state index in [1.807, 2.05) is 30.3 Å². The first-order chi connectivity index (χ1) is 10.1. The normalized spacial score (nSPS) is 11.8. The fourth-order valence-corrected chi connectivity index (χ4v) is 2.18. The zero-order valence-electron chi connectivity index (χ0n) is 13.3. The molecule has 0 heterocycles. The van der Waals surface area contributed by atoms with E-state index >= 15 is 0 Å². The van der Waals surface area contributed by atoms with Gasteiger partial charge in [0.25, 0.3) is 0 Å². The van der Waals surface area contributed by atoms with E-state index < -0.39 is 6.04 Å². The van der Waals surface area contributed by atoms with Crippen LogP contribution in [0.25, 0.3) is 0 Å². The van der Waals surface area contributed by atoms with Crippen LogP contribution in [0.15, 0.2) is 30.3 Å². The minimum atomic E-state index is -0.454. The number of nitrogens with zero attached hydrogens (tertiary/aromatic N) is 1. The highest BCUT2D eigenvalue weighted by atomic mass is 16.2. The summed E-state index contributed by atoms with van der Waals surface area (Å²) in [5.41, 5.74) is 1.03. The fourth-order valence-electron chi connectivity index (χ4n) is 2.18. The van der Waals surface area contributed by atoms with Gasteiger partial charge in [0.15, 0.2) is 0 Å². The average molecular weight is 290 g/mol. The van der Waals surface area contributed by atoms with Gasteiger partial charge in [-0.05, 0) is 18.9 Å². The van der Waals surface area contributed by atoms with Crippen LogP contribution < -0.4 is 5.32 Å². The van der Waals surface area contributed by atoms with Gasteiger partial charge < -0.3 is 10.2 Å². The largest absolute Gasteiger partial charge is 0.354 e. The SMILES string of the molecule is CCCCCNC(=O)C(C)N(Cc1ccccc1)C(C)=O. The molecule has 1 unspecified atom stereocenters. The first-order valence-electron chi connectivity index (χ1n) is 7.65. The first kappa shape index (κ1) is 17.2. The Morgan fingerprint density at radius 3 is 2.43 bits per heavy atom. The number of benzene rings is 1. The van der Waals surface area contributed by atoms with Crippen LogP contribution in [-0.4, -0.2) is 29.3 Å². The molecule has 4 nitrogen and oxygen atoms in total. The quantitative estimate of drug-likeness (QED) is 0.748. The lowest BCUT2D eigenvalue weighted by molar-refractivity contribution is -0.138. The monoisotopic (exact) mass is 290 g/mol. The molecular formula is C17H26N2O2. The number of amides is 2. The predicted molar refractivity (Wildman–Crippen MR) is 84.7 cm³/mol. The van der Waals surface area contributed by atoms with E-state index in [0.29, 0.717) is 13.1 Å². The van der Waals surface area contributed by atoms with Crippen LogP contribution in [0.3, 0.4) is 0 Å². The Balaban J connectivity index is 2.58. The number of carbonyl (C=O) groups is 2. The molecule has 0 saturated carbocycles. The highest BCUT2D eigenvalue weighted by Gasteiger charge is 2.23. The maximum atomic E-state index is 12.1.